The van der Waals surface area contributed by atoms with Crippen molar-refractivity contribution in [3.05, 3.63) is 66.2 Å². The molecule has 0 aliphatic heterocycles. The average molecular weight is 417 g/mol. The van der Waals surface area contributed by atoms with Crippen molar-refractivity contribution in [3.8, 4) is 28.4 Å². The van der Waals surface area contributed by atoms with Crippen LogP contribution in [0.3, 0.4) is 0 Å². The van der Waals surface area contributed by atoms with Crippen LogP contribution in [-0.4, -0.2) is 37.4 Å². The Morgan fingerprint density at radius 3 is 2.52 bits per heavy atom. The Morgan fingerprint density at radius 2 is 1.74 bits per heavy atom. The molecule has 2 N–H and O–H groups in total. The first-order valence-electron chi connectivity index (χ1n) is 9.74. The molecule has 0 fully saturated rings. The van der Waals surface area contributed by atoms with Crippen molar-refractivity contribution in [2.45, 2.75) is 6.42 Å². The van der Waals surface area contributed by atoms with Crippen molar-refractivity contribution < 1.29 is 19.0 Å². The molecule has 0 aliphatic carbocycles. The molecule has 158 valence electrons. The van der Waals surface area contributed by atoms with Crippen LogP contribution in [0.1, 0.15) is 5.56 Å². The summed E-state index contributed by atoms with van der Waals surface area (Å²) in [4.78, 5) is 12.5. The van der Waals surface area contributed by atoms with Gasteiger partial charge >= 0.3 is 0 Å². The molecule has 4 rings (SSSR count). The second kappa shape index (κ2) is 8.79. The van der Waals surface area contributed by atoms with Crippen molar-refractivity contribution in [1.29, 1.82) is 0 Å². The number of H-pyrrole nitrogens is 1. The van der Waals surface area contributed by atoms with Crippen LogP contribution < -0.4 is 19.5 Å². The first-order chi connectivity index (χ1) is 15.1. The van der Waals surface area contributed by atoms with Crippen LogP contribution in [0.4, 0.5) is 5.82 Å². The summed E-state index contributed by atoms with van der Waals surface area (Å²) in [5.41, 5.74) is 3.57. The third-order valence-electron chi connectivity index (χ3n) is 5.04. The van der Waals surface area contributed by atoms with Gasteiger partial charge in [0.2, 0.25) is 5.91 Å². The molecule has 0 saturated carbocycles. The number of nitrogens with zero attached hydrogens (tertiary/aromatic N) is 1. The van der Waals surface area contributed by atoms with E-state index in [1.807, 2.05) is 60.7 Å². The van der Waals surface area contributed by atoms with Crippen LogP contribution >= 0.6 is 0 Å². The number of aromatic nitrogens is 2. The third kappa shape index (κ3) is 4.30. The Bertz CT molecular complexity index is 1230. The second-order valence-corrected chi connectivity index (χ2v) is 6.98. The van der Waals surface area contributed by atoms with Gasteiger partial charge in [-0.2, -0.15) is 5.10 Å². The quantitative estimate of drug-likeness (QED) is 0.464. The van der Waals surface area contributed by atoms with Crippen LogP contribution in [0.2, 0.25) is 0 Å². The monoisotopic (exact) mass is 417 g/mol. The molecule has 0 atom stereocenters. The van der Waals surface area contributed by atoms with Gasteiger partial charge in [0.1, 0.15) is 17.2 Å². The molecule has 0 unspecified atom stereocenters. The maximum Gasteiger partial charge on any atom is 0.230 e. The van der Waals surface area contributed by atoms with Gasteiger partial charge in [-0.3, -0.25) is 9.89 Å². The van der Waals surface area contributed by atoms with Crippen molar-refractivity contribution in [2.24, 2.45) is 0 Å². The fraction of sp³-hybridized carbons (Fsp3) is 0.167. The summed E-state index contributed by atoms with van der Waals surface area (Å²) < 4.78 is 16.0. The van der Waals surface area contributed by atoms with Gasteiger partial charge in [0.15, 0.2) is 5.82 Å². The van der Waals surface area contributed by atoms with E-state index in [1.54, 1.807) is 21.3 Å². The van der Waals surface area contributed by atoms with E-state index in [9.17, 15) is 4.79 Å². The second-order valence-electron chi connectivity index (χ2n) is 6.98. The number of rotatable bonds is 7. The number of methoxy groups -OCH3 is 3. The number of fused-ring (bicyclic) bond motifs is 1. The van der Waals surface area contributed by atoms with E-state index in [2.05, 4.69) is 15.5 Å². The van der Waals surface area contributed by atoms with Gasteiger partial charge in [0.25, 0.3) is 0 Å². The molecule has 0 saturated heterocycles. The van der Waals surface area contributed by atoms with Gasteiger partial charge in [-0.1, -0.05) is 18.2 Å². The van der Waals surface area contributed by atoms with Crippen LogP contribution in [0.15, 0.2) is 60.7 Å². The Hall–Kier alpha value is -4.00. The molecule has 0 aliphatic rings. The number of benzene rings is 3. The third-order valence-corrected chi connectivity index (χ3v) is 5.04. The molecule has 7 nitrogen and oxygen atoms in total. The lowest BCUT2D eigenvalue weighted by molar-refractivity contribution is -0.115. The number of carbonyl (C=O) groups excluding carboxylic acids is 1. The number of nitrogens with one attached hydrogen (secondary N) is 2. The summed E-state index contributed by atoms with van der Waals surface area (Å²) >= 11 is 0. The minimum Gasteiger partial charge on any atom is -0.497 e. The van der Waals surface area contributed by atoms with Crippen molar-refractivity contribution in [2.75, 3.05) is 26.6 Å². The summed E-state index contributed by atoms with van der Waals surface area (Å²) in [5, 5.41) is 11.0. The Balaban J connectivity index is 1.56. The molecule has 0 radical (unpaired) electrons. The Labute approximate surface area is 180 Å². The fourth-order valence-corrected chi connectivity index (χ4v) is 3.46. The topological polar surface area (TPSA) is 85.5 Å². The SMILES string of the molecule is COc1cccc(CC(=O)Nc2n[nH]c3cc(-c4ccc(OC)cc4OC)ccc23)c1. The van der Waals surface area contributed by atoms with Gasteiger partial charge in [-0.15, -0.1) is 0 Å². The lowest BCUT2D eigenvalue weighted by atomic mass is 10.0. The van der Waals surface area contributed by atoms with E-state index in [0.717, 1.165) is 39.1 Å². The zero-order chi connectivity index (χ0) is 21.8. The molecule has 0 spiro atoms. The van der Waals surface area contributed by atoms with Crippen molar-refractivity contribution in [1.82, 2.24) is 10.2 Å². The number of aromatic amines is 1. The fourth-order valence-electron chi connectivity index (χ4n) is 3.46. The van der Waals surface area contributed by atoms with Gasteiger partial charge in [-0.25, -0.2) is 0 Å². The van der Waals surface area contributed by atoms with Gasteiger partial charge < -0.3 is 19.5 Å². The number of anilines is 1. The number of hydrogen-bond acceptors (Lipinski definition) is 5. The molecule has 31 heavy (non-hydrogen) atoms. The lowest BCUT2D eigenvalue weighted by Crippen LogP contribution is -2.14. The van der Waals surface area contributed by atoms with Crippen LogP contribution in [0.25, 0.3) is 22.0 Å². The van der Waals surface area contributed by atoms with Gasteiger partial charge in [0.05, 0.1) is 33.3 Å². The highest BCUT2D eigenvalue weighted by Crippen LogP contribution is 2.35. The number of amides is 1. The maximum absolute atomic E-state index is 12.5. The minimum atomic E-state index is -0.150. The zero-order valence-electron chi connectivity index (χ0n) is 17.6. The van der Waals surface area contributed by atoms with Crippen LogP contribution in [0.5, 0.6) is 17.2 Å². The van der Waals surface area contributed by atoms with E-state index < -0.39 is 0 Å². The first-order valence-corrected chi connectivity index (χ1v) is 9.74. The first kappa shape index (κ1) is 20.3. The molecule has 4 aromatic rings. The smallest absolute Gasteiger partial charge is 0.230 e. The number of carbonyl (C=O) groups is 1. The van der Waals surface area contributed by atoms with Crippen molar-refractivity contribution >= 4 is 22.6 Å². The Kier molecular flexibility index (Phi) is 5.75. The number of ether oxygens (including phenoxy) is 3. The molecular weight excluding hydrogens is 394 g/mol. The van der Waals surface area contributed by atoms with E-state index >= 15 is 0 Å². The highest BCUT2D eigenvalue weighted by molar-refractivity contribution is 6.01. The highest BCUT2D eigenvalue weighted by atomic mass is 16.5. The minimum absolute atomic E-state index is 0.150. The molecular formula is C24H23N3O4. The molecule has 0 bridgehead atoms. The molecule has 1 aromatic heterocycles. The van der Waals surface area contributed by atoms with E-state index in [-0.39, 0.29) is 12.3 Å². The normalized spacial score (nSPS) is 10.7. The van der Waals surface area contributed by atoms with E-state index in [1.165, 1.54) is 0 Å². The highest BCUT2D eigenvalue weighted by Gasteiger charge is 2.13. The molecule has 1 amide bonds. The lowest BCUT2D eigenvalue weighted by Gasteiger charge is -2.10. The van der Waals surface area contributed by atoms with Crippen molar-refractivity contribution in [3.63, 3.8) is 0 Å². The summed E-state index contributed by atoms with van der Waals surface area (Å²) in [5.74, 6) is 2.50. The summed E-state index contributed by atoms with van der Waals surface area (Å²) in [6.45, 7) is 0. The Morgan fingerprint density at radius 1 is 0.935 bits per heavy atom. The van der Waals surface area contributed by atoms with Crippen LogP contribution in [0, 0.1) is 0 Å². The predicted molar refractivity (Wildman–Crippen MR) is 120 cm³/mol. The van der Waals surface area contributed by atoms with E-state index in [0.29, 0.717) is 11.6 Å². The maximum atomic E-state index is 12.5. The van der Waals surface area contributed by atoms with Gasteiger partial charge in [0, 0.05) is 17.0 Å². The summed E-state index contributed by atoms with van der Waals surface area (Å²) in [6, 6.07) is 19.0. The summed E-state index contributed by atoms with van der Waals surface area (Å²) in [6.07, 6.45) is 0.229. The zero-order valence-corrected chi connectivity index (χ0v) is 17.6. The van der Waals surface area contributed by atoms with E-state index in [4.69, 9.17) is 14.2 Å². The number of hydrogen-bond donors (Lipinski definition) is 2. The molecule has 1 heterocycles. The standard InChI is InChI=1S/C24H23N3O4/c1-29-17-6-4-5-15(11-17)12-23(28)25-24-20-9-7-16(13-21(20)26-27-24)19-10-8-18(30-2)14-22(19)31-3/h4-11,13-14H,12H2,1-3H3,(H2,25,26,27,28). The average Bonchev–Trinajstić information content (AvgIpc) is 3.20. The molecule has 7 heteroatoms. The summed E-state index contributed by atoms with van der Waals surface area (Å²) in [7, 11) is 4.85. The van der Waals surface area contributed by atoms with Crippen LogP contribution in [-0.2, 0) is 11.2 Å². The largest absolute Gasteiger partial charge is 0.497 e. The predicted octanol–water partition coefficient (Wildman–Crippen LogP) is 4.44. The molecule has 3 aromatic carbocycles. The van der Waals surface area contributed by atoms with Gasteiger partial charge in [-0.05, 0) is 47.5 Å².